The standard InChI is InChI=1S/C27H36F2N2O3/c1-26-10-9-21-20-7-6-18(25(30)33)15-17(20)5-8-22(21)24(26)19(16-27(26,28)29)3-2-4-23(32)31-11-13-34-14-12-31/h6-7,15,19,21-22,24H,2-5,8-14,16H2,1H3,(H2,30,33)/t19-,21+,22+,24-,26-/m0/s1. The molecule has 0 bridgehead atoms. The number of morpholine rings is 1. The average Bonchev–Trinajstić information content (AvgIpc) is 3.03. The lowest BCUT2D eigenvalue weighted by atomic mass is 9.53. The molecule has 1 saturated heterocycles. The van der Waals surface area contributed by atoms with E-state index in [0.29, 0.717) is 57.6 Å². The lowest BCUT2D eigenvalue weighted by Gasteiger charge is -2.51. The molecule has 0 radical (unpaired) electrons. The molecule has 1 aliphatic heterocycles. The molecule has 2 amide bonds. The van der Waals surface area contributed by atoms with Crippen LogP contribution in [0, 0.1) is 23.2 Å². The van der Waals surface area contributed by atoms with Crippen LogP contribution in [0.25, 0.3) is 0 Å². The minimum Gasteiger partial charge on any atom is -0.378 e. The molecule has 5 nitrogen and oxygen atoms in total. The van der Waals surface area contributed by atoms with Crippen LogP contribution in [0.3, 0.4) is 0 Å². The zero-order valence-corrected chi connectivity index (χ0v) is 20.0. The lowest BCUT2D eigenvalue weighted by Crippen LogP contribution is -2.47. The number of ether oxygens (including phenoxy) is 1. The van der Waals surface area contributed by atoms with Crippen molar-refractivity contribution in [3.8, 4) is 0 Å². The fraction of sp³-hybridized carbons (Fsp3) is 0.704. The Kier molecular flexibility index (Phi) is 6.20. The summed E-state index contributed by atoms with van der Waals surface area (Å²) in [6, 6.07) is 5.70. The van der Waals surface area contributed by atoms with Crippen molar-refractivity contribution in [2.24, 2.45) is 28.9 Å². The Balaban J connectivity index is 1.33. The van der Waals surface area contributed by atoms with Crippen molar-refractivity contribution < 1.29 is 23.1 Å². The van der Waals surface area contributed by atoms with Crippen LogP contribution in [-0.4, -0.2) is 48.9 Å². The van der Waals surface area contributed by atoms with Gasteiger partial charge in [0, 0.05) is 36.9 Å². The van der Waals surface area contributed by atoms with Gasteiger partial charge in [-0.1, -0.05) is 13.0 Å². The number of alkyl halides is 2. The molecule has 0 unspecified atom stereocenters. The third kappa shape index (κ3) is 3.94. The van der Waals surface area contributed by atoms with Crippen molar-refractivity contribution in [3.05, 3.63) is 34.9 Å². The van der Waals surface area contributed by atoms with Crippen LogP contribution in [0.2, 0.25) is 0 Å². The summed E-state index contributed by atoms with van der Waals surface area (Å²) in [4.78, 5) is 26.0. The van der Waals surface area contributed by atoms with E-state index in [4.69, 9.17) is 10.5 Å². The summed E-state index contributed by atoms with van der Waals surface area (Å²) in [5.41, 5.74) is 7.39. The number of carbonyl (C=O) groups excluding carboxylic acids is 2. The molecule has 1 aromatic carbocycles. The van der Waals surface area contributed by atoms with E-state index in [1.54, 1.807) is 6.07 Å². The van der Waals surface area contributed by atoms with Crippen LogP contribution in [0.5, 0.6) is 0 Å². The first-order valence-electron chi connectivity index (χ1n) is 12.9. The van der Waals surface area contributed by atoms with Crippen LogP contribution in [0.1, 0.15) is 79.3 Å². The van der Waals surface area contributed by atoms with E-state index in [2.05, 4.69) is 0 Å². The van der Waals surface area contributed by atoms with E-state index in [9.17, 15) is 9.59 Å². The fourth-order valence-corrected chi connectivity index (χ4v) is 7.74. The molecule has 3 fully saturated rings. The summed E-state index contributed by atoms with van der Waals surface area (Å²) < 4.78 is 36.2. The number of rotatable bonds is 5. The highest BCUT2D eigenvalue weighted by molar-refractivity contribution is 5.93. The Morgan fingerprint density at radius 1 is 1.21 bits per heavy atom. The molecule has 2 N–H and O–H groups in total. The molecule has 7 heteroatoms. The minimum atomic E-state index is -2.67. The molecule has 0 spiro atoms. The van der Waals surface area contributed by atoms with Crippen molar-refractivity contribution in [2.45, 2.75) is 70.1 Å². The number of nitrogens with two attached hydrogens (primary N) is 1. The number of primary amides is 1. The smallest absolute Gasteiger partial charge is 0.253 e. The number of aryl methyl sites for hydroxylation is 1. The van der Waals surface area contributed by atoms with Crippen molar-refractivity contribution in [2.75, 3.05) is 26.3 Å². The van der Waals surface area contributed by atoms with Crippen molar-refractivity contribution in [1.29, 1.82) is 0 Å². The molecule has 186 valence electrons. The monoisotopic (exact) mass is 474 g/mol. The maximum absolute atomic E-state index is 15.4. The number of amides is 2. The Hall–Kier alpha value is -2.02. The predicted octanol–water partition coefficient (Wildman–Crippen LogP) is 4.53. The summed E-state index contributed by atoms with van der Waals surface area (Å²) in [5.74, 6) is -2.59. The Morgan fingerprint density at radius 3 is 2.71 bits per heavy atom. The molecule has 34 heavy (non-hydrogen) atoms. The normalized spacial score (nSPS) is 34.1. The van der Waals surface area contributed by atoms with Crippen LogP contribution >= 0.6 is 0 Å². The summed E-state index contributed by atoms with van der Waals surface area (Å²) >= 11 is 0. The third-order valence-electron chi connectivity index (χ3n) is 9.45. The van der Waals surface area contributed by atoms with Gasteiger partial charge in [-0.25, -0.2) is 8.78 Å². The van der Waals surface area contributed by atoms with Gasteiger partial charge in [-0.15, -0.1) is 0 Å². The summed E-state index contributed by atoms with van der Waals surface area (Å²) in [6.45, 7) is 4.22. The summed E-state index contributed by atoms with van der Waals surface area (Å²) in [7, 11) is 0. The average molecular weight is 475 g/mol. The summed E-state index contributed by atoms with van der Waals surface area (Å²) in [5, 5.41) is 0. The predicted molar refractivity (Wildman–Crippen MR) is 125 cm³/mol. The third-order valence-corrected chi connectivity index (χ3v) is 9.45. The molecule has 5 atom stereocenters. The zero-order chi connectivity index (χ0) is 24.1. The van der Waals surface area contributed by atoms with Crippen molar-refractivity contribution in [3.63, 3.8) is 0 Å². The van der Waals surface area contributed by atoms with Gasteiger partial charge in [0.2, 0.25) is 11.8 Å². The maximum atomic E-state index is 15.4. The van der Waals surface area contributed by atoms with Crippen molar-refractivity contribution in [1.82, 2.24) is 4.90 Å². The van der Waals surface area contributed by atoms with Crippen molar-refractivity contribution >= 4 is 11.8 Å². The van der Waals surface area contributed by atoms with Gasteiger partial charge in [-0.2, -0.15) is 0 Å². The number of nitrogens with zero attached hydrogens (tertiary/aromatic N) is 1. The first-order valence-corrected chi connectivity index (χ1v) is 12.9. The largest absolute Gasteiger partial charge is 0.378 e. The van der Waals surface area contributed by atoms with Crippen LogP contribution < -0.4 is 5.73 Å². The zero-order valence-electron chi connectivity index (χ0n) is 20.0. The molecule has 4 aliphatic rings. The minimum absolute atomic E-state index is 0.0382. The molecule has 1 heterocycles. The van der Waals surface area contributed by atoms with Gasteiger partial charge in [-0.3, -0.25) is 9.59 Å². The number of carbonyl (C=O) groups is 2. The second-order valence-electron chi connectivity index (χ2n) is 11.1. The Bertz CT molecular complexity index is 961. The summed E-state index contributed by atoms with van der Waals surface area (Å²) in [6.07, 6.45) is 4.68. The van der Waals surface area contributed by atoms with Gasteiger partial charge < -0.3 is 15.4 Å². The number of hydrogen-bond acceptors (Lipinski definition) is 3. The number of benzene rings is 1. The molecule has 1 aromatic rings. The second kappa shape index (κ2) is 8.89. The lowest BCUT2D eigenvalue weighted by molar-refractivity contribution is -0.135. The van der Waals surface area contributed by atoms with E-state index in [1.807, 2.05) is 24.0 Å². The van der Waals surface area contributed by atoms with E-state index < -0.39 is 17.2 Å². The van der Waals surface area contributed by atoms with Gasteiger partial charge in [0.15, 0.2) is 0 Å². The molecule has 3 aliphatic carbocycles. The quantitative estimate of drug-likeness (QED) is 0.681. The fourth-order valence-electron chi connectivity index (χ4n) is 7.74. The number of hydrogen-bond donors (Lipinski definition) is 1. The van der Waals surface area contributed by atoms with E-state index >= 15 is 8.78 Å². The highest BCUT2D eigenvalue weighted by Gasteiger charge is 2.67. The van der Waals surface area contributed by atoms with Crippen LogP contribution in [-0.2, 0) is 16.0 Å². The highest BCUT2D eigenvalue weighted by atomic mass is 19.3. The molecule has 5 rings (SSSR count). The molecule has 0 aromatic heterocycles. The van der Waals surface area contributed by atoms with Crippen LogP contribution in [0.4, 0.5) is 8.78 Å². The number of fused-ring (bicyclic) bond motifs is 5. The molecular weight excluding hydrogens is 438 g/mol. The van der Waals surface area contributed by atoms with E-state index in [-0.39, 0.29) is 36.0 Å². The second-order valence-corrected chi connectivity index (χ2v) is 11.1. The van der Waals surface area contributed by atoms with Gasteiger partial charge in [0.25, 0.3) is 5.92 Å². The van der Waals surface area contributed by atoms with E-state index in [1.165, 1.54) is 5.56 Å². The molecule has 2 saturated carbocycles. The van der Waals surface area contributed by atoms with Gasteiger partial charge >= 0.3 is 0 Å². The maximum Gasteiger partial charge on any atom is 0.253 e. The van der Waals surface area contributed by atoms with Gasteiger partial charge in [-0.05, 0) is 85.5 Å². The highest BCUT2D eigenvalue weighted by Crippen LogP contribution is 2.68. The Morgan fingerprint density at radius 2 is 1.97 bits per heavy atom. The first kappa shape index (κ1) is 23.7. The van der Waals surface area contributed by atoms with Crippen LogP contribution in [0.15, 0.2) is 18.2 Å². The topological polar surface area (TPSA) is 72.6 Å². The Labute approximate surface area is 200 Å². The van der Waals surface area contributed by atoms with E-state index in [0.717, 1.165) is 24.8 Å². The molecular formula is C27H36F2N2O3. The van der Waals surface area contributed by atoms with Gasteiger partial charge in [0.05, 0.1) is 13.2 Å². The van der Waals surface area contributed by atoms with Gasteiger partial charge in [0.1, 0.15) is 0 Å². The first-order chi connectivity index (χ1) is 16.2. The SMILES string of the molecule is C[C@]12CC[C@@H]3c4ccc(C(N)=O)cc4CC[C@H]3[C@@H]1[C@@H](CCCC(=O)N1CCOCC1)CC2(F)F. The number of halogens is 2.